The van der Waals surface area contributed by atoms with Crippen LogP contribution in [0, 0.1) is 0 Å². The first-order valence-electron chi connectivity index (χ1n) is 9.49. The molecule has 2 rings (SSSR count). The third kappa shape index (κ3) is 6.74. The van der Waals surface area contributed by atoms with Gasteiger partial charge in [-0.1, -0.05) is 31.4 Å². The summed E-state index contributed by atoms with van der Waals surface area (Å²) >= 11 is 0. The Labute approximate surface area is 158 Å². The molecule has 26 heavy (non-hydrogen) atoms. The number of rotatable bonds is 8. The maximum absolute atomic E-state index is 8.95. The van der Waals surface area contributed by atoms with E-state index in [9.17, 15) is 0 Å². The van der Waals surface area contributed by atoms with Gasteiger partial charge < -0.3 is 14.2 Å². The normalized spacial score (nSPS) is 16.0. The molecule has 0 bridgehead atoms. The van der Waals surface area contributed by atoms with Crippen LogP contribution in [0.2, 0.25) is 0 Å². The second-order valence-electron chi connectivity index (χ2n) is 6.71. The molecule has 0 amide bonds. The van der Waals surface area contributed by atoms with Crippen LogP contribution in [-0.2, 0) is 16.0 Å². The number of carbonyl (C=O) groups is 1. The minimum Gasteiger partial charge on any atom is -0.496 e. The molecule has 1 aromatic carbocycles. The molecule has 1 aliphatic rings. The largest absolute Gasteiger partial charge is 0.496 e. The zero-order valence-electron chi connectivity index (χ0n) is 17.0. The van der Waals surface area contributed by atoms with Crippen LogP contribution in [-0.4, -0.2) is 27.8 Å². The molecule has 1 aromatic rings. The maximum Gasteiger partial charge on any atom is 0.292 e. The number of hydrogen-bond donors (Lipinski definition) is 0. The van der Waals surface area contributed by atoms with Gasteiger partial charge in [0.25, 0.3) is 6.47 Å². The molecular formula is C22H34O4. The average molecular weight is 363 g/mol. The summed E-state index contributed by atoms with van der Waals surface area (Å²) < 4.78 is 15.3. The van der Waals surface area contributed by atoms with Gasteiger partial charge in [0, 0.05) is 11.5 Å². The second-order valence-corrected chi connectivity index (χ2v) is 6.71. The topological polar surface area (TPSA) is 44.8 Å². The molecule has 4 heteroatoms. The van der Waals surface area contributed by atoms with Crippen LogP contribution in [0.1, 0.15) is 69.4 Å². The van der Waals surface area contributed by atoms with Gasteiger partial charge in [-0.2, -0.15) is 0 Å². The smallest absolute Gasteiger partial charge is 0.292 e. The fourth-order valence-corrected chi connectivity index (χ4v) is 3.42. The van der Waals surface area contributed by atoms with E-state index in [0.29, 0.717) is 12.4 Å². The fraction of sp³-hybridized carbons (Fsp3) is 0.591. The Kier molecular flexibility index (Phi) is 10.5. The molecular weight excluding hydrogens is 328 g/mol. The van der Waals surface area contributed by atoms with Crippen molar-refractivity contribution in [2.75, 3.05) is 21.3 Å². The Balaban J connectivity index is 0.000000765. The summed E-state index contributed by atoms with van der Waals surface area (Å²) in [6, 6.07) is 4.43. The van der Waals surface area contributed by atoms with Gasteiger partial charge in [0.2, 0.25) is 0 Å². The summed E-state index contributed by atoms with van der Waals surface area (Å²) in [5, 5.41) is 0. The second kappa shape index (κ2) is 12.4. The quantitative estimate of drug-likeness (QED) is 0.351. The molecule has 146 valence electrons. The molecule has 1 atom stereocenters. The zero-order chi connectivity index (χ0) is 19.4. The van der Waals surface area contributed by atoms with Crippen LogP contribution in [0.25, 0.3) is 0 Å². The Morgan fingerprint density at radius 3 is 2.19 bits per heavy atom. The van der Waals surface area contributed by atoms with Gasteiger partial charge in [0.05, 0.1) is 21.3 Å². The van der Waals surface area contributed by atoms with Gasteiger partial charge in [0.1, 0.15) is 11.5 Å². The molecule has 0 heterocycles. The molecule has 1 unspecified atom stereocenters. The number of unbranched alkanes of at least 4 members (excludes halogenated alkanes) is 2. The van der Waals surface area contributed by atoms with Crippen molar-refractivity contribution in [3.8, 4) is 11.5 Å². The fourth-order valence-electron chi connectivity index (χ4n) is 3.42. The first-order valence-corrected chi connectivity index (χ1v) is 9.49. The van der Waals surface area contributed by atoms with Crippen molar-refractivity contribution in [1.82, 2.24) is 0 Å². The molecule has 0 spiro atoms. The molecule has 4 nitrogen and oxygen atoms in total. The van der Waals surface area contributed by atoms with Crippen molar-refractivity contribution < 1.29 is 19.0 Å². The van der Waals surface area contributed by atoms with E-state index in [1.54, 1.807) is 14.2 Å². The molecule has 0 fully saturated rings. The molecule has 0 radical (unpaired) electrons. The lowest BCUT2D eigenvalue weighted by molar-refractivity contribution is -0.126. The first kappa shape index (κ1) is 22.1. The Morgan fingerprint density at radius 2 is 1.73 bits per heavy atom. The van der Waals surface area contributed by atoms with Crippen LogP contribution in [0.4, 0.5) is 0 Å². The van der Waals surface area contributed by atoms with Gasteiger partial charge in [-0.05, 0) is 56.7 Å². The molecule has 0 saturated carbocycles. The van der Waals surface area contributed by atoms with Gasteiger partial charge in [0.15, 0.2) is 0 Å². The molecule has 0 saturated heterocycles. The van der Waals surface area contributed by atoms with E-state index in [2.05, 4.69) is 36.8 Å². The lowest BCUT2D eigenvalue weighted by Gasteiger charge is -2.24. The number of aryl methyl sites for hydroxylation is 1. The standard InChI is InChI=1S/C20H30O2.C2H4O2/c1-5-6-7-10-16-13-18(21-3)20(19(14-16)22-4)17-11-8-9-15(2)12-17;1-4-2-3/h12-14,17H,5-11H2,1-4H3;2H,1H3. The van der Waals surface area contributed by atoms with Crippen molar-refractivity contribution in [2.24, 2.45) is 0 Å². The Bertz CT molecular complexity index is 553. The van der Waals surface area contributed by atoms with Crippen LogP contribution in [0.3, 0.4) is 0 Å². The van der Waals surface area contributed by atoms with Crippen molar-refractivity contribution in [3.05, 3.63) is 34.9 Å². The highest BCUT2D eigenvalue weighted by molar-refractivity contribution is 5.52. The predicted octanol–water partition coefficient (Wildman–Crippen LogP) is 5.44. The van der Waals surface area contributed by atoms with E-state index in [4.69, 9.17) is 14.3 Å². The van der Waals surface area contributed by atoms with E-state index in [1.807, 2.05) is 0 Å². The van der Waals surface area contributed by atoms with Gasteiger partial charge in [-0.25, -0.2) is 0 Å². The highest BCUT2D eigenvalue weighted by atomic mass is 16.5. The highest BCUT2D eigenvalue weighted by Crippen LogP contribution is 2.42. The van der Waals surface area contributed by atoms with Crippen LogP contribution >= 0.6 is 0 Å². The highest BCUT2D eigenvalue weighted by Gasteiger charge is 2.22. The van der Waals surface area contributed by atoms with E-state index >= 15 is 0 Å². The van der Waals surface area contributed by atoms with Gasteiger partial charge >= 0.3 is 0 Å². The summed E-state index contributed by atoms with van der Waals surface area (Å²) in [5.74, 6) is 2.40. The van der Waals surface area contributed by atoms with Crippen LogP contribution in [0.5, 0.6) is 11.5 Å². The van der Waals surface area contributed by atoms with Crippen LogP contribution in [0.15, 0.2) is 23.8 Å². The average Bonchev–Trinajstić information content (AvgIpc) is 2.67. The van der Waals surface area contributed by atoms with Crippen molar-refractivity contribution in [3.63, 3.8) is 0 Å². The van der Waals surface area contributed by atoms with E-state index in [1.165, 1.54) is 62.3 Å². The molecule has 1 aliphatic carbocycles. The third-order valence-electron chi connectivity index (χ3n) is 4.71. The van der Waals surface area contributed by atoms with E-state index in [0.717, 1.165) is 17.9 Å². The van der Waals surface area contributed by atoms with Crippen molar-refractivity contribution in [1.29, 1.82) is 0 Å². The lowest BCUT2D eigenvalue weighted by atomic mass is 9.84. The minimum atomic E-state index is 0.375. The number of methoxy groups -OCH3 is 3. The number of allylic oxidation sites excluding steroid dienone is 2. The van der Waals surface area contributed by atoms with Crippen molar-refractivity contribution >= 4 is 6.47 Å². The summed E-state index contributed by atoms with van der Waals surface area (Å²) in [6.45, 7) is 4.84. The Morgan fingerprint density at radius 1 is 1.12 bits per heavy atom. The third-order valence-corrected chi connectivity index (χ3v) is 4.71. The summed E-state index contributed by atoms with van der Waals surface area (Å²) in [6.07, 6.45) is 10.9. The van der Waals surface area contributed by atoms with Gasteiger partial charge in [-0.3, -0.25) is 4.79 Å². The maximum atomic E-state index is 8.95. The molecule has 0 aliphatic heterocycles. The van der Waals surface area contributed by atoms with Crippen LogP contribution < -0.4 is 9.47 Å². The number of benzene rings is 1. The SMILES string of the molecule is CCCCCc1cc(OC)c(C2C=C(C)CCC2)c(OC)c1.COC=O. The summed E-state index contributed by atoms with van der Waals surface area (Å²) in [7, 11) is 4.86. The van der Waals surface area contributed by atoms with E-state index in [-0.39, 0.29) is 0 Å². The monoisotopic (exact) mass is 362 g/mol. The van der Waals surface area contributed by atoms with E-state index < -0.39 is 0 Å². The first-order chi connectivity index (χ1) is 12.6. The minimum absolute atomic E-state index is 0.375. The summed E-state index contributed by atoms with van der Waals surface area (Å²) in [5.41, 5.74) is 4.03. The van der Waals surface area contributed by atoms with Gasteiger partial charge in [-0.15, -0.1) is 0 Å². The summed E-state index contributed by atoms with van der Waals surface area (Å²) in [4.78, 5) is 8.95. The number of hydrogen-bond acceptors (Lipinski definition) is 4. The number of carbonyl (C=O) groups excluding carboxylic acids is 1. The zero-order valence-corrected chi connectivity index (χ0v) is 17.0. The molecule has 0 N–H and O–H groups in total. The molecule has 0 aromatic heterocycles. The number of ether oxygens (including phenoxy) is 3. The lowest BCUT2D eigenvalue weighted by Crippen LogP contribution is -2.07. The van der Waals surface area contributed by atoms with Crippen molar-refractivity contribution in [2.45, 2.75) is 64.7 Å². The Hall–Kier alpha value is -1.97. The predicted molar refractivity (Wildman–Crippen MR) is 106 cm³/mol.